The molecule has 2 rings (SSSR count). The first kappa shape index (κ1) is 12.8. The van der Waals surface area contributed by atoms with E-state index >= 15 is 0 Å². The van der Waals surface area contributed by atoms with Gasteiger partial charge in [0.2, 0.25) is 0 Å². The van der Waals surface area contributed by atoms with Gasteiger partial charge in [0.05, 0.1) is 5.56 Å². The van der Waals surface area contributed by atoms with Crippen molar-refractivity contribution in [3.63, 3.8) is 0 Å². The van der Waals surface area contributed by atoms with E-state index in [0.717, 1.165) is 11.1 Å². The highest BCUT2D eigenvalue weighted by Gasteiger charge is 2.14. The summed E-state index contributed by atoms with van der Waals surface area (Å²) in [5.41, 5.74) is 1.47. The van der Waals surface area contributed by atoms with Crippen LogP contribution in [-0.2, 0) is 17.9 Å². The van der Waals surface area contributed by atoms with Crippen molar-refractivity contribution < 1.29 is 9.36 Å². The molecule has 0 unspecified atom stereocenters. The van der Waals surface area contributed by atoms with E-state index in [0.29, 0.717) is 0 Å². The molecular weight excluding hydrogens is 242 g/mol. The fourth-order valence-corrected chi connectivity index (χ4v) is 2.45. The van der Waals surface area contributed by atoms with Gasteiger partial charge in [0.25, 0.3) is 0 Å². The van der Waals surface area contributed by atoms with Gasteiger partial charge in [0.1, 0.15) is 19.6 Å². The van der Waals surface area contributed by atoms with Crippen LogP contribution in [0.4, 0.5) is 0 Å². The van der Waals surface area contributed by atoms with Crippen molar-refractivity contribution in [2.24, 2.45) is 7.05 Å². The lowest BCUT2D eigenvalue weighted by Gasteiger charge is -2.01. The SMILES string of the molecule is C[n+]1cccc(C(=O)c2ccc([S+](C)C)cc2)c1. The van der Waals surface area contributed by atoms with E-state index in [9.17, 15) is 4.79 Å². The van der Waals surface area contributed by atoms with Crippen LogP contribution in [0.25, 0.3) is 0 Å². The molecule has 92 valence electrons. The zero-order valence-corrected chi connectivity index (χ0v) is 11.7. The topological polar surface area (TPSA) is 20.9 Å². The molecule has 18 heavy (non-hydrogen) atoms. The predicted molar refractivity (Wildman–Crippen MR) is 75.0 cm³/mol. The molecule has 2 aromatic rings. The number of aryl methyl sites for hydroxylation is 1. The van der Waals surface area contributed by atoms with Crippen molar-refractivity contribution in [3.05, 3.63) is 59.9 Å². The second-order valence-corrected chi connectivity index (χ2v) is 6.53. The molecule has 1 aromatic heterocycles. The molecule has 3 heteroatoms. The minimum Gasteiger partial charge on any atom is -0.288 e. The number of pyridine rings is 1. The molecular formula is C15H17NOS+2. The number of hydrogen-bond donors (Lipinski definition) is 0. The average molecular weight is 259 g/mol. The molecule has 2 nitrogen and oxygen atoms in total. The highest BCUT2D eigenvalue weighted by Crippen LogP contribution is 2.13. The maximum Gasteiger partial charge on any atom is 0.199 e. The van der Waals surface area contributed by atoms with Gasteiger partial charge >= 0.3 is 0 Å². The van der Waals surface area contributed by atoms with Crippen LogP contribution >= 0.6 is 0 Å². The van der Waals surface area contributed by atoms with Gasteiger partial charge < -0.3 is 0 Å². The predicted octanol–water partition coefficient (Wildman–Crippen LogP) is 1.98. The first-order valence-corrected chi connectivity index (χ1v) is 7.79. The highest BCUT2D eigenvalue weighted by molar-refractivity contribution is 7.95. The van der Waals surface area contributed by atoms with Gasteiger partial charge in [-0.2, -0.15) is 0 Å². The first-order valence-electron chi connectivity index (χ1n) is 5.75. The van der Waals surface area contributed by atoms with Crippen molar-refractivity contribution in [3.8, 4) is 0 Å². The second-order valence-electron chi connectivity index (χ2n) is 4.43. The lowest BCUT2D eigenvalue weighted by Crippen LogP contribution is -2.27. The average Bonchev–Trinajstić information content (AvgIpc) is 2.38. The summed E-state index contributed by atoms with van der Waals surface area (Å²) in [5, 5.41) is 0. The molecule has 0 saturated carbocycles. The van der Waals surface area contributed by atoms with Gasteiger partial charge in [0.15, 0.2) is 23.1 Å². The van der Waals surface area contributed by atoms with Crippen LogP contribution in [0.2, 0.25) is 0 Å². The lowest BCUT2D eigenvalue weighted by atomic mass is 10.1. The second kappa shape index (κ2) is 5.36. The minimum atomic E-state index is 0.0739. The van der Waals surface area contributed by atoms with Crippen molar-refractivity contribution >= 4 is 16.7 Å². The summed E-state index contributed by atoms with van der Waals surface area (Å²) < 4.78 is 1.89. The maximum absolute atomic E-state index is 12.3. The van der Waals surface area contributed by atoms with E-state index in [4.69, 9.17) is 0 Å². The summed E-state index contributed by atoms with van der Waals surface area (Å²) in [6.45, 7) is 0. The Labute approximate surface area is 111 Å². The zero-order valence-electron chi connectivity index (χ0n) is 10.9. The molecule has 0 aliphatic carbocycles. The Hall–Kier alpha value is -1.61. The Bertz CT molecular complexity index is 561. The van der Waals surface area contributed by atoms with Crippen LogP contribution in [0.1, 0.15) is 15.9 Å². The van der Waals surface area contributed by atoms with E-state index in [2.05, 4.69) is 12.5 Å². The van der Waals surface area contributed by atoms with Gasteiger partial charge in [-0.3, -0.25) is 4.79 Å². The fourth-order valence-electron chi connectivity index (χ4n) is 1.77. The standard InChI is InChI=1S/C15H17NOS/c1-16-10-4-5-13(11-16)15(17)12-6-8-14(9-7-12)18(2)3/h4-11H,1-3H3/q+2. The molecule has 1 aromatic carbocycles. The van der Waals surface area contributed by atoms with Crippen molar-refractivity contribution in [1.29, 1.82) is 0 Å². The molecule has 0 fully saturated rings. The molecule has 1 heterocycles. The van der Waals surface area contributed by atoms with E-state index < -0.39 is 0 Å². The fraction of sp³-hybridized carbons (Fsp3) is 0.200. The van der Waals surface area contributed by atoms with Crippen LogP contribution in [0.15, 0.2) is 53.7 Å². The number of aromatic nitrogens is 1. The Balaban J connectivity index is 2.29. The molecule has 0 saturated heterocycles. The smallest absolute Gasteiger partial charge is 0.199 e. The number of nitrogens with zero attached hydrogens (tertiary/aromatic N) is 1. The quantitative estimate of drug-likeness (QED) is 0.469. The van der Waals surface area contributed by atoms with Gasteiger partial charge in [-0.25, -0.2) is 4.57 Å². The van der Waals surface area contributed by atoms with Crippen molar-refractivity contribution in [2.75, 3.05) is 12.5 Å². The summed E-state index contributed by atoms with van der Waals surface area (Å²) >= 11 is 0. The van der Waals surface area contributed by atoms with Gasteiger partial charge in [-0.15, -0.1) is 0 Å². The molecule has 0 N–H and O–H groups in total. The third kappa shape index (κ3) is 2.79. The molecule has 0 atom stereocenters. The van der Waals surface area contributed by atoms with E-state index in [1.54, 1.807) is 0 Å². The minimum absolute atomic E-state index is 0.0739. The number of ketones is 1. The van der Waals surface area contributed by atoms with E-state index in [1.807, 2.05) is 60.4 Å². The molecule has 0 bridgehead atoms. The number of benzene rings is 1. The molecule has 0 aliphatic heterocycles. The van der Waals surface area contributed by atoms with Gasteiger partial charge in [0, 0.05) is 22.5 Å². The normalized spacial score (nSPS) is 10.7. The maximum atomic E-state index is 12.3. The lowest BCUT2D eigenvalue weighted by molar-refractivity contribution is -0.671. The number of carbonyl (C=O) groups excluding carboxylic acids is 1. The van der Waals surface area contributed by atoms with Crippen LogP contribution in [-0.4, -0.2) is 18.3 Å². The third-order valence-electron chi connectivity index (χ3n) is 2.79. The number of rotatable bonds is 3. The summed E-state index contributed by atoms with van der Waals surface area (Å²) in [7, 11) is 2.15. The van der Waals surface area contributed by atoms with Crippen molar-refractivity contribution in [2.45, 2.75) is 4.90 Å². The first-order chi connectivity index (χ1) is 8.58. The third-order valence-corrected chi connectivity index (χ3v) is 4.00. The number of carbonyl (C=O) groups is 1. The van der Waals surface area contributed by atoms with Crippen LogP contribution in [0, 0.1) is 0 Å². The van der Waals surface area contributed by atoms with Gasteiger partial charge in [-0.1, -0.05) is 0 Å². The van der Waals surface area contributed by atoms with Crippen LogP contribution in [0.5, 0.6) is 0 Å². The van der Waals surface area contributed by atoms with E-state index in [-0.39, 0.29) is 16.7 Å². The molecule has 0 aliphatic rings. The van der Waals surface area contributed by atoms with E-state index in [1.165, 1.54) is 4.90 Å². The molecule has 0 spiro atoms. The number of hydrogen-bond acceptors (Lipinski definition) is 1. The van der Waals surface area contributed by atoms with Crippen LogP contribution in [0.3, 0.4) is 0 Å². The van der Waals surface area contributed by atoms with Gasteiger partial charge in [-0.05, 0) is 30.3 Å². The summed E-state index contributed by atoms with van der Waals surface area (Å²) in [6, 6.07) is 11.6. The highest BCUT2D eigenvalue weighted by atomic mass is 32.2. The summed E-state index contributed by atoms with van der Waals surface area (Å²) in [6.07, 6.45) is 8.11. The summed E-state index contributed by atoms with van der Waals surface area (Å²) in [4.78, 5) is 13.6. The molecule has 0 amide bonds. The molecule has 0 radical (unpaired) electrons. The Kier molecular flexibility index (Phi) is 3.82. The Morgan fingerprint density at radius 1 is 1.06 bits per heavy atom. The largest absolute Gasteiger partial charge is 0.288 e. The Morgan fingerprint density at radius 2 is 1.72 bits per heavy atom. The van der Waals surface area contributed by atoms with Crippen LogP contribution < -0.4 is 4.57 Å². The Morgan fingerprint density at radius 3 is 2.28 bits per heavy atom. The zero-order chi connectivity index (χ0) is 13.1. The monoisotopic (exact) mass is 259 g/mol. The van der Waals surface area contributed by atoms with Crippen molar-refractivity contribution in [1.82, 2.24) is 0 Å². The summed E-state index contributed by atoms with van der Waals surface area (Å²) in [5.74, 6) is 0.0739.